The molecule has 1 amide bonds. The van der Waals surface area contributed by atoms with Crippen LogP contribution in [-0.2, 0) is 22.6 Å². The molecule has 7 heteroatoms. The number of nitrogens with zero attached hydrogens (tertiary/aromatic N) is 3. The molecule has 3 rings (SSSR count). The highest BCUT2D eigenvalue weighted by molar-refractivity contribution is 7.09. The molecule has 0 bridgehead atoms. The maximum Gasteiger partial charge on any atom is 0.237 e. The first-order chi connectivity index (χ1) is 11.2. The summed E-state index contributed by atoms with van der Waals surface area (Å²) in [7, 11) is 0. The normalized spacial score (nSPS) is 20.3. The smallest absolute Gasteiger partial charge is 0.237 e. The van der Waals surface area contributed by atoms with E-state index in [-0.39, 0.29) is 18.1 Å². The molecule has 0 saturated carbocycles. The zero-order valence-electron chi connectivity index (χ0n) is 13.2. The van der Waals surface area contributed by atoms with Crippen molar-refractivity contribution >= 4 is 17.2 Å². The molecule has 0 radical (unpaired) electrons. The van der Waals surface area contributed by atoms with Crippen molar-refractivity contribution in [2.45, 2.75) is 32.2 Å². The Kier molecular flexibility index (Phi) is 5.43. The second-order valence-corrected chi connectivity index (χ2v) is 6.72. The number of thiophene rings is 1. The van der Waals surface area contributed by atoms with Gasteiger partial charge in [0, 0.05) is 30.4 Å². The summed E-state index contributed by atoms with van der Waals surface area (Å²) in [6.45, 7) is 5.44. The van der Waals surface area contributed by atoms with Gasteiger partial charge in [0.1, 0.15) is 0 Å². The molecule has 2 aromatic heterocycles. The lowest BCUT2D eigenvalue weighted by Crippen LogP contribution is -2.52. The molecule has 1 aliphatic heterocycles. The standard InChI is InChI=1S/C16H22N4O2S/c1-13(16(21)17-10-15-4-2-9-23-15)19-7-8-22-14(11-19)12-20-6-3-5-18-20/h2-6,9,13-14H,7-8,10-12H2,1H3,(H,17,21)/t13-,14+/m0/s1. The highest BCUT2D eigenvalue weighted by Crippen LogP contribution is 2.12. The number of amides is 1. The summed E-state index contributed by atoms with van der Waals surface area (Å²) in [5.41, 5.74) is 0. The fourth-order valence-electron chi connectivity index (χ4n) is 2.72. The number of ether oxygens (including phenoxy) is 1. The summed E-state index contributed by atoms with van der Waals surface area (Å²) in [5.74, 6) is 0.0677. The molecule has 0 aliphatic carbocycles. The number of aromatic nitrogens is 2. The lowest BCUT2D eigenvalue weighted by Gasteiger charge is -2.36. The third kappa shape index (κ3) is 4.40. The monoisotopic (exact) mass is 334 g/mol. The molecular formula is C16H22N4O2S. The Morgan fingerprint density at radius 3 is 3.22 bits per heavy atom. The average molecular weight is 334 g/mol. The van der Waals surface area contributed by atoms with E-state index >= 15 is 0 Å². The van der Waals surface area contributed by atoms with Crippen molar-refractivity contribution < 1.29 is 9.53 Å². The molecule has 1 aliphatic rings. The first kappa shape index (κ1) is 16.2. The number of rotatable bonds is 6. The van der Waals surface area contributed by atoms with E-state index in [1.165, 1.54) is 4.88 Å². The third-order valence-corrected chi connectivity index (χ3v) is 4.94. The summed E-state index contributed by atoms with van der Waals surface area (Å²) in [5, 5.41) is 9.25. The lowest BCUT2D eigenvalue weighted by atomic mass is 10.2. The van der Waals surface area contributed by atoms with E-state index < -0.39 is 0 Å². The van der Waals surface area contributed by atoms with E-state index in [1.807, 2.05) is 41.4 Å². The van der Waals surface area contributed by atoms with Crippen LogP contribution in [0.1, 0.15) is 11.8 Å². The van der Waals surface area contributed by atoms with Crippen LogP contribution < -0.4 is 5.32 Å². The number of hydrogen-bond donors (Lipinski definition) is 1. The molecule has 1 N–H and O–H groups in total. The van der Waals surface area contributed by atoms with Gasteiger partial charge in [-0.1, -0.05) is 6.07 Å². The van der Waals surface area contributed by atoms with Crippen LogP contribution in [-0.4, -0.2) is 52.4 Å². The minimum absolute atomic E-state index is 0.0659. The van der Waals surface area contributed by atoms with E-state index in [2.05, 4.69) is 15.3 Å². The van der Waals surface area contributed by atoms with Crippen molar-refractivity contribution in [1.29, 1.82) is 0 Å². The third-order valence-electron chi connectivity index (χ3n) is 4.06. The van der Waals surface area contributed by atoms with E-state index in [9.17, 15) is 4.79 Å². The van der Waals surface area contributed by atoms with Gasteiger partial charge in [0.25, 0.3) is 0 Å². The maximum absolute atomic E-state index is 12.4. The summed E-state index contributed by atoms with van der Waals surface area (Å²) >= 11 is 1.66. The summed E-state index contributed by atoms with van der Waals surface area (Å²) < 4.78 is 7.67. The van der Waals surface area contributed by atoms with E-state index in [4.69, 9.17) is 4.74 Å². The molecule has 1 saturated heterocycles. The summed E-state index contributed by atoms with van der Waals surface area (Å²) in [6.07, 6.45) is 3.76. The quantitative estimate of drug-likeness (QED) is 0.866. The van der Waals surface area contributed by atoms with Crippen LogP contribution >= 0.6 is 11.3 Å². The van der Waals surface area contributed by atoms with Crippen molar-refractivity contribution in [2.24, 2.45) is 0 Å². The van der Waals surface area contributed by atoms with E-state index in [0.717, 1.165) is 13.1 Å². The fourth-order valence-corrected chi connectivity index (χ4v) is 3.37. The number of hydrogen-bond acceptors (Lipinski definition) is 5. The zero-order valence-corrected chi connectivity index (χ0v) is 14.0. The Labute approximate surface area is 140 Å². The van der Waals surface area contributed by atoms with Gasteiger partial charge >= 0.3 is 0 Å². The second kappa shape index (κ2) is 7.72. The topological polar surface area (TPSA) is 59.4 Å². The van der Waals surface area contributed by atoms with Gasteiger partial charge in [0.05, 0.1) is 31.8 Å². The minimum atomic E-state index is -0.154. The highest BCUT2D eigenvalue weighted by Gasteiger charge is 2.28. The number of carbonyl (C=O) groups excluding carboxylic acids is 1. The van der Waals surface area contributed by atoms with Crippen LogP contribution in [0.4, 0.5) is 0 Å². The molecule has 3 heterocycles. The van der Waals surface area contributed by atoms with Crippen molar-refractivity contribution in [3.8, 4) is 0 Å². The van der Waals surface area contributed by atoms with Crippen LogP contribution in [0.15, 0.2) is 36.0 Å². The van der Waals surface area contributed by atoms with Crippen molar-refractivity contribution in [3.05, 3.63) is 40.8 Å². The molecule has 2 atom stereocenters. The van der Waals surface area contributed by atoms with Crippen molar-refractivity contribution in [3.63, 3.8) is 0 Å². The summed E-state index contributed by atoms with van der Waals surface area (Å²) in [6, 6.07) is 5.78. The highest BCUT2D eigenvalue weighted by atomic mass is 32.1. The van der Waals surface area contributed by atoms with Gasteiger partial charge in [-0.2, -0.15) is 5.10 Å². The van der Waals surface area contributed by atoms with Crippen LogP contribution in [0, 0.1) is 0 Å². The summed E-state index contributed by atoms with van der Waals surface area (Å²) in [4.78, 5) is 15.7. The van der Waals surface area contributed by atoms with E-state index in [1.54, 1.807) is 17.5 Å². The molecule has 0 unspecified atom stereocenters. The molecule has 0 spiro atoms. The molecule has 1 fully saturated rings. The van der Waals surface area contributed by atoms with Gasteiger partial charge in [-0.05, 0) is 24.4 Å². The molecule has 6 nitrogen and oxygen atoms in total. The largest absolute Gasteiger partial charge is 0.374 e. The first-order valence-corrected chi connectivity index (χ1v) is 8.73. The second-order valence-electron chi connectivity index (χ2n) is 5.69. The van der Waals surface area contributed by atoms with Crippen LogP contribution in [0.3, 0.4) is 0 Å². The number of nitrogens with one attached hydrogen (secondary N) is 1. The van der Waals surface area contributed by atoms with E-state index in [0.29, 0.717) is 19.7 Å². The molecular weight excluding hydrogens is 312 g/mol. The van der Waals surface area contributed by atoms with Crippen molar-refractivity contribution in [1.82, 2.24) is 20.0 Å². The number of morpholine rings is 1. The maximum atomic E-state index is 12.4. The number of carbonyl (C=O) groups is 1. The van der Waals surface area contributed by atoms with Crippen molar-refractivity contribution in [2.75, 3.05) is 19.7 Å². The Morgan fingerprint density at radius 1 is 1.57 bits per heavy atom. The molecule has 23 heavy (non-hydrogen) atoms. The zero-order chi connectivity index (χ0) is 16.1. The SMILES string of the molecule is C[C@@H](C(=O)NCc1cccs1)N1CCO[C@@H](Cn2cccn2)C1. The molecule has 2 aromatic rings. The first-order valence-electron chi connectivity index (χ1n) is 7.85. The van der Waals surface area contributed by atoms with Crippen LogP contribution in [0.5, 0.6) is 0 Å². The van der Waals surface area contributed by atoms with Crippen LogP contribution in [0.2, 0.25) is 0 Å². The van der Waals surface area contributed by atoms with Gasteiger partial charge in [-0.15, -0.1) is 11.3 Å². The van der Waals surface area contributed by atoms with Gasteiger partial charge in [0.2, 0.25) is 5.91 Å². The van der Waals surface area contributed by atoms with Gasteiger partial charge in [0.15, 0.2) is 0 Å². The average Bonchev–Trinajstić information content (AvgIpc) is 3.25. The van der Waals surface area contributed by atoms with Gasteiger partial charge < -0.3 is 10.1 Å². The van der Waals surface area contributed by atoms with Gasteiger partial charge in [-0.3, -0.25) is 14.4 Å². The minimum Gasteiger partial charge on any atom is -0.374 e. The predicted molar refractivity (Wildman–Crippen MR) is 89.2 cm³/mol. The van der Waals surface area contributed by atoms with Gasteiger partial charge in [-0.25, -0.2) is 0 Å². The lowest BCUT2D eigenvalue weighted by molar-refractivity contribution is -0.129. The molecule has 0 aromatic carbocycles. The Balaban J connectivity index is 1.49. The molecule has 124 valence electrons. The predicted octanol–water partition coefficient (Wildman–Crippen LogP) is 1.35. The Bertz CT molecular complexity index is 600. The Morgan fingerprint density at radius 2 is 2.48 bits per heavy atom. The Hall–Kier alpha value is -1.70. The fraction of sp³-hybridized carbons (Fsp3) is 0.500. The van der Waals surface area contributed by atoms with Crippen LogP contribution in [0.25, 0.3) is 0 Å².